The van der Waals surface area contributed by atoms with E-state index in [-0.39, 0.29) is 5.91 Å². The molecule has 22 heavy (non-hydrogen) atoms. The summed E-state index contributed by atoms with van der Waals surface area (Å²) in [5, 5.41) is 4.16. The molecule has 0 saturated carbocycles. The van der Waals surface area contributed by atoms with Crippen molar-refractivity contribution in [3.05, 3.63) is 53.0 Å². The molecular weight excluding hydrogens is 278 g/mol. The van der Waals surface area contributed by atoms with E-state index >= 15 is 0 Å². The Hall–Kier alpha value is -2.56. The van der Waals surface area contributed by atoms with Crippen molar-refractivity contribution >= 4 is 17.3 Å². The summed E-state index contributed by atoms with van der Waals surface area (Å²) in [6.45, 7) is 5.43. The number of hydrogen-bond acceptors (Lipinski definition) is 4. The van der Waals surface area contributed by atoms with Crippen molar-refractivity contribution in [1.82, 2.24) is 5.43 Å². The molecule has 0 spiro atoms. The number of nitrogens with zero attached hydrogens (tertiary/aromatic N) is 2. The Balaban J connectivity index is 2.09. The summed E-state index contributed by atoms with van der Waals surface area (Å²) < 4.78 is 5.35. The fourth-order valence-corrected chi connectivity index (χ4v) is 2.12. The molecule has 0 saturated heterocycles. The van der Waals surface area contributed by atoms with Crippen LogP contribution in [0.3, 0.4) is 0 Å². The number of carbonyl (C=O) groups is 1. The number of nitrogens with one attached hydrogen (secondary N) is 1. The summed E-state index contributed by atoms with van der Waals surface area (Å²) in [5.41, 5.74) is 5.90. The average Bonchev–Trinajstić information content (AvgIpc) is 2.83. The Kier molecular flexibility index (Phi) is 4.65. The first kappa shape index (κ1) is 15.8. The van der Waals surface area contributed by atoms with Crippen LogP contribution in [-0.4, -0.2) is 25.7 Å². The lowest BCUT2D eigenvalue weighted by Crippen LogP contribution is -2.19. The zero-order valence-electron chi connectivity index (χ0n) is 13.6. The molecule has 0 aliphatic carbocycles. The van der Waals surface area contributed by atoms with Crippen LogP contribution in [-0.2, 0) is 0 Å². The maximum Gasteiger partial charge on any atom is 0.274 e. The number of aryl methyl sites for hydroxylation is 2. The van der Waals surface area contributed by atoms with Gasteiger partial charge in [-0.15, -0.1) is 0 Å². The van der Waals surface area contributed by atoms with Gasteiger partial charge in [-0.25, -0.2) is 5.43 Å². The van der Waals surface area contributed by atoms with Crippen molar-refractivity contribution < 1.29 is 9.21 Å². The Morgan fingerprint density at radius 1 is 1.18 bits per heavy atom. The summed E-state index contributed by atoms with van der Waals surface area (Å²) in [5.74, 6) is 1.04. The largest absolute Gasteiger partial charge is 0.466 e. The second-order valence-electron chi connectivity index (χ2n) is 5.41. The highest BCUT2D eigenvalue weighted by Crippen LogP contribution is 2.14. The number of hydrazone groups is 1. The second-order valence-corrected chi connectivity index (χ2v) is 5.41. The van der Waals surface area contributed by atoms with Crippen molar-refractivity contribution in [2.45, 2.75) is 20.8 Å². The summed E-state index contributed by atoms with van der Waals surface area (Å²) in [6.07, 6.45) is 0. The number of rotatable bonds is 4. The Bertz CT molecular complexity index is 697. The van der Waals surface area contributed by atoms with E-state index < -0.39 is 0 Å². The third-order valence-corrected chi connectivity index (χ3v) is 3.41. The second kappa shape index (κ2) is 6.47. The number of amides is 1. The van der Waals surface area contributed by atoms with E-state index in [1.165, 1.54) is 0 Å². The van der Waals surface area contributed by atoms with E-state index in [0.29, 0.717) is 17.1 Å². The van der Waals surface area contributed by atoms with Gasteiger partial charge in [0.2, 0.25) is 0 Å². The molecule has 0 aliphatic heterocycles. The van der Waals surface area contributed by atoms with Crippen LogP contribution in [0.2, 0.25) is 0 Å². The van der Waals surface area contributed by atoms with Gasteiger partial charge in [-0.1, -0.05) is 12.1 Å². The van der Waals surface area contributed by atoms with E-state index in [1.54, 1.807) is 13.0 Å². The van der Waals surface area contributed by atoms with Crippen molar-refractivity contribution in [2.75, 3.05) is 19.0 Å². The van der Waals surface area contributed by atoms with E-state index in [4.69, 9.17) is 4.42 Å². The number of anilines is 1. The molecule has 1 aromatic heterocycles. The summed E-state index contributed by atoms with van der Waals surface area (Å²) in [7, 11) is 3.98. The van der Waals surface area contributed by atoms with Crippen LogP contribution in [0.15, 0.2) is 39.9 Å². The molecule has 2 aromatic rings. The molecule has 1 aromatic carbocycles. The molecule has 0 atom stereocenters. The first-order chi connectivity index (χ1) is 10.4. The minimum absolute atomic E-state index is 0.265. The van der Waals surface area contributed by atoms with Crippen LogP contribution in [0.1, 0.15) is 34.4 Å². The molecule has 0 unspecified atom stereocenters. The zero-order chi connectivity index (χ0) is 16.3. The quantitative estimate of drug-likeness (QED) is 0.697. The molecule has 0 fully saturated rings. The normalized spacial score (nSPS) is 11.4. The third kappa shape index (κ3) is 3.55. The summed E-state index contributed by atoms with van der Waals surface area (Å²) >= 11 is 0. The van der Waals surface area contributed by atoms with Gasteiger partial charge >= 0.3 is 0 Å². The minimum Gasteiger partial charge on any atom is -0.466 e. The first-order valence-electron chi connectivity index (χ1n) is 7.08. The molecule has 2 rings (SSSR count). The van der Waals surface area contributed by atoms with Crippen LogP contribution < -0.4 is 10.3 Å². The van der Waals surface area contributed by atoms with E-state index in [0.717, 1.165) is 17.0 Å². The number of benzene rings is 1. The van der Waals surface area contributed by atoms with Gasteiger partial charge in [0.15, 0.2) is 0 Å². The SMILES string of the molecule is C/C(=N/NC(=O)c1cc(C)oc1C)c1ccc(N(C)C)cc1. The molecule has 1 N–H and O–H groups in total. The van der Waals surface area contributed by atoms with Crippen LogP contribution in [0, 0.1) is 13.8 Å². The maximum absolute atomic E-state index is 12.1. The van der Waals surface area contributed by atoms with Gasteiger partial charge in [-0.3, -0.25) is 4.79 Å². The number of furan rings is 1. The predicted molar refractivity (Wildman–Crippen MR) is 88.6 cm³/mol. The Morgan fingerprint density at radius 2 is 1.82 bits per heavy atom. The smallest absolute Gasteiger partial charge is 0.274 e. The first-order valence-corrected chi connectivity index (χ1v) is 7.08. The van der Waals surface area contributed by atoms with Gasteiger partial charge in [0.1, 0.15) is 11.5 Å². The molecule has 0 radical (unpaired) electrons. The van der Waals surface area contributed by atoms with Gasteiger partial charge in [0.05, 0.1) is 11.3 Å². The molecule has 5 nitrogen and oxygen atoms in total. The molecular formula is C17H21N3O2. The molecule has 116 valence electrons. The third-order valence-electron chi connectivity index (χ3n) is 3.41. The lowest BCUT2D eigenvalue weighted by atomic mass is 10.1. The highest BCUT2D eigenvalue weighted by atomic mass is 16.3. The fraction of sp³-hybridized carbons (Fsp3) is 0.294. The van der Waals surface area contributed by atoms with Crippen molar-refractivity contribution in [3.8, 4) is 0 Å². The summed E-state index contributed by atoms with van der Waals surface area (Å²) in [4.78, 5) is 14.1. The van der Waals surface area contributed by atoms with Crippen LogP contribution >= 0.6 is 0 Å². The van der Waals surface area contributed by atoms with Crippen LogP contribution in [0.5, 0.6) is 0 Å². The van der Waals surface area contributed by atoms with Gasteiger partial charge in [0, 0.05) is 19.8 Å². The van der Waals surface area contributed by atoms with Gasteiger partial charge in [0.25, 0.3) is 5.91 Å². The molecule has 1 amide bonds. The van der Waals surface area contributed by atoms with Gasteiger partial charge in [-0.2, -0.15) is 5.10 Å². The van der Waals surface area contributed by atoms with Crippen molar-refractivity contribution in [1.29, 1.82) is 0 Å². The van der Waals surface area contributed by atoms with E-state index in [2.05, 4.69) is 10.5 Å². The standard InChI is InChI=1S/C17H21N3O2/c1-11-10-16(13(3)22-11)17(21)19-18-12(2)14-6-8-15(9-7-14)20(4)5/h6-10H,1-5H3,(H,19,21)/b18-12-. The number of carbonyl (C=O) groups excluding carboxylic acids is 1. The van der Waals surface area contributed by atoms with Crippen LogP contribution in [0.25, 0.3) is 0 Å². The van der Waals surface area contributed by atoms with Crippen LogP contribution in [0.4, 0.5) is 5.69 Å². The molecule has 0 bridgehead atoms. The highest BCUT2D eigenvalue weighted by Gasteiger charge is 2.12. The van der Waals surface area contributed by atoms with Gasteiger partial charge in [-0.05, 0) is 44.5 Å². The fourth-order valence-electron chi connectivity index (χ4n) is 2.12. The highest BCUT2D eigenvalue weighted by molar-refractivity contribution is 6.01. The Labute approximate surface area is 130 Å². The molecule has 1 heterocycles. The molecule has 5 heteroatoms. The van der Waals surface area contributed by atoms with Gasteiger partial charge < -0.3 is 9.32 Å². The van der Waals surface area contributed by atoms with E-state index in [9.17, 15) is 4.79 Å². The minimum atomic E-state index is -0.265. The lowest BCUT2D eigenvalue weighted by Gasteiger charge is -2.12. The zero-order valence-corrected chi connectivity index (χ0v) is 13.6. The average molecular weight is 299 g/mol. The molecule has 0 aliphatic rings. The summed E-state index contributed by atoms with van der Waals surface area (Å²) in [6, 6.07) is 9.70. The van der Waals surface area contributed by atoms with E-state index in [1.807, 2.05) is 57.1 Å². The topological polar surface area (TPSA) is 57.8 Å². The maximum atomic E-state index is 12.1. The van der Waals surface area contributed by atoms with Crippen molar-refractivity contribution in [3.63, 3.8) is 0 Å². The number of hydrogen-bond donors (Lipinski definition) is 1. The predicted octanol–water partition coefficient (Wildman–Crippen LogP) is 3.12. The van der Waals surface area contributed by atoms with Crippen molar-refractivity contribution in [2.24, 2.45) is 5.10 Å². The Morgan fingerprint density at radius 3 is 2.32 bits per heavy atom. The lowest BCUT2D eigenvalue weighted by molar-refractivity contribution is 0.0953. The monoisotopic (exact) mass is 299 g/mol.